The average molecular weight is 160 g/mol. The van der Waals surface area contributed by atoms with Crippen molar-refractivity contribution in [2.45, 2.75) is 5.33 Å². The van der Waals surface area contributed by atoms with Crippen LogP contribution in [0.4, 0.5) is 0 Å². The van der Waals surface area contributed by atoms with Gasteiger partial charge in [0.25, 0.3) is 0 Å². The number of alkyl halides is 1. The van der Waals surface area contributed by atoms with E-state index in [0.29, 0.717) is 0 Å². The maximum absolute atomic E-state index is 3.61. The summed E-state index contributed by atoms with van der Waals surface area (Å²) in [5, 5.41) is 7.08. The Balaban J connectivity index is 2.76. The molecule has 2 nitrogen and oxygen atoms in total. The van der Waals surface area contributed by atoms with E-state index in [1.54, 1.807) is 6.20 Å². The second-order valence-corrected chi connectivity index (χ2v) is 1.72. The topological polar surface area (TPSA) is 28.7 Å². The number of hydrogen-bond donors (Lipinski definition) is 1. The third-order valence-electron chi connectivity index (χ3n) is 0.647. The molecule has 0 aliphatic heterocycles. The molecule has 37 valence electrons. The van der Waals surface area contributed by atoms with Crippen LogP contribution in [0.25, 0.3) is 0 Å². The molecule has 0 aliphatic rings. The molecule has 1 heterocycles. The zero-order valence-corrected chi connectivity index (χ0v) is 5.20. The molecule has 1 rings (SSSR count). The van der Waals surface area contributed by atoms with Crippen molar-refractivity contribution in [3.63, 3.8) is 0 Å². The first-order chi connectivity index (χ1) is 3.43. The van der Waals surface area contributed by atoms with Crippen LogP contribution in [0, 0.1) is 6.20 Å². The molecule has 0 bridgehead atoms. The second-order valence-electron chi connectivity index (χ2n) is 1.16. The van der Waals surface area contributed by atoms with Crippen molar-refractivity contribution in [2.75, 3.05) is 0 Å². The molecular formula is C4H4BrN2. The summed E-state index contributed by atoms with van der Waals surface area (Å²) in [7, 11) is 0. The Kier molecular flexibility index (Phi) is 1.46. The molecule has 1 radical (unpaired) electrons. The summed E-state index contributed by atoms with van der Waals surface area (Å²) in [6, 6.07) is 0. The maximum Gasteiger partial charge on any atom is 0.117 e. The molecule has 0 atom stereocenters. The summed E-state index contributed by atoms with van der Waals surface area (Å²) in [5.41, 5.74) is 1.06. The van der Waals surface area contributed by atoms with Crippen molar-refractivity contribution in [3.05, 3.63) is 18.0 Å². The first-order valence-corrected chi connectivity index (χ1v) is 3.02. The number of H-pyrrole nitrogens is 1. The lowest BCUT2D eigenvalue weighted by atomic mass is 10.4. The van der Waals surface area contributed by atoms with Crippen molar-refractivity contribution < 1.29 is 0 Å². The number of rotatable bonds is 1. The highest BCUT2D eigenvalue weighted by Gasteiger charge is 1.85. The van der Waals surface area contributed by atoms with Crippen LogP contribution in [0.5, 0.6) is 0 Å². The fourth-order valence-electron chi connectivity index (χ4n) is 0.315. The summed E-state index contributed by atoms with van der Waals surface area (Å²) in [6.07, 6.45) is 4.53. The molecule has 3 heteroatoms. The molecule has 1 aromatic rings. The highest BCUT2D eigenvalue weighted by molar-refractivity contribution is 9.08. The maximum atomic E-state index is 3.61. The van der Waals surface area contributed by atoms with Crippen molar-refractivity contribution in [3.8, 4) is 0 Å². The number of nitrogens with zero attached hydrogens (tertiary/aromatic N) is 1. The van der Waals surface area contributed by atoms with Crippen molar-refractivity contribution in [1.29, 1.82) is 0 Å². The molecule has 0 aliphatic carbocycles. The van der Waals surface area contributed by atoms with Crippen molar-refractivity contribution >= 4 is 15.9 Å². The lowest BCUT2D eigenvalue weighted by Gasteiger charge is -1.73. The van der Waals surface area contributed by atoms with Gasteiger partial charge in [-0.3, -0.25) is 5.10 Å². The zero-order chi connectivity index (χ0) is 5.11. The molecule has 0 fully saturated rings. The lowest BCUT2D eigenvalue weighted by Crippen LogP contribution is -1.64. The number of halogens is 1. The Hall–Kier alpha value is -0.310. The Morgan fingerprint density at radius 3 is 3.14 bits per heavy atom. The second kappa shape index (κ2) is 2.12. The Morgan fingerprint density at radius 2 is 2.86 bits per heavy atom. The normalized spacial score (nSPS) is 9.29. The monoisotopic (exact) mass is 159 g/mol. The Morgan fingerprint density at radius 1 is 2.00 bits per heavy atom. The van der Waals surface area contributed by atoms with Crippen LogP contribution in [0.15, 0.2) is 6.20 Å². The molecule has 0 aromatic carbocycles. The largest absolute Gasteiger partial charge is 0.285 e. The van der Waals surface area contributed by atoms with Gasteiger partial charge in [0, 0.05) is 17.1 Å². The van der Waals surface area contributed by atoms with Crippen LogP contribution in [0.3, 0.4) is 0 Å². The molecule has 0 saturated heterocycles. The van der Waals surface area contributed by atoms with Crippen molar-refractivity contribution in [1.82, 2.24) is 10.2 Å². The van der Waals surface area contributed by atoms with Crippen molar-refractivity contribution in [2.24, 2.45) is 0 Å². The van der Waals surface area contributed by atoms with Crippen LogP contribution in [-0.2, 0) is 5.33 Å². The predicted molar refractivity (Wildman–Crippen MR) is 30.1 cm³/mol. The molecule has 0 spiro atoms. The zero-order valence-electron chi connectivity index (χ0n) is 3.61. The third-order valence-corrected chi connectivity index (χ3v) is 1.25. The van der Waals surface area contributed by atoms with E-state index >= 15 is 0 Å². The van der Waals surface area contributed by atoms with Gasteiger partial charge in [0.1, 0.15) is 6.20 Å². The average Bonchev–Trinajstić information content (AvgIpc) is 2.14. The fourth-order valence-corrected chi connectivity index (χ4v) is 0.602. The Bertz CT molecular complexity index is 124. The van der Waals surface area contributed by atoms with Gasteiger partial charge >= 0.3 is 0 Å². The van der Waals surface area contributed by atoms with Crippen LogP contribution in [0.2, 0.25) is 0 Å². The van der Waals surface area contributed by atoms with Gasteiger partial charge in [-0.15, -0.1) is 0 Å². The summed E-state index contributed by atoms with van der Waals surface area (Å²) in [4.78, 5) is 0. The van der Waals surface area contributed by atoms with Crippen LogP contribution < -0.4 is 0 Å². The Labute approximate surface area is 50.1 Å². The summed E-state index contributed by atoms with van der Waals surface area (Å²) >= 11 is 3.25. The minimum absolute atomic E-state index is 0.823. The van der Waals surface area contributed by atoms with Crippen LogP contribution in [0.1, 0.15) is 5.56 Å². The summed E-state index contributed by atoms with van der Waals surface area (Å²) in [6.45, 7) is 0. The van der Waals surface area contributed by atoms with E-state index in [-0.39, 0.29) is 0 Å². The van der Waals surface area contributed by atoms with Crippen LogP contribution in [-0.4, -0.2) is 10.2 Å². The van der Waals surface area contributed by atoms with Gasteiger partial charge in [-0.1, -0.05) is 15.9 Å². The van der Waals surface area contributed by atoms with E-state index in [4.69, 9.17) is 0 Å². The molecule has 0 amide bonds. The van der Waals surface area contributed by atoms with Gasteiger partial charge in [0.2, 0.25) is 0 Å². The molecule has 7 heavy (non-hydrogen) atoms. The minimum Gasteiger partial charge on any atom is -0.285 e. The highest BCUT2D eigenvalue weighted by atomic mass is 79.9. The van der Waals surface area contributed by atoms with Crippen LogP contribution >= 0.6 is 15.9 Å². The smallest absolute Gasteiger partial charge is 0.117 e. The van der Waals surface area contributed by atoms with Gasteiger partial charge in [-0.25, -0.2) is 0 Å². The third kappa shape index (κ3) is 1.03. The first-order valence-electron chi connectivity index (χ1n) is 1.90. The number of nitrogens with one attached hydrogen (secondary N) is 1. The molecule has 0 unspecified atom stereocenters. The number of hydrogen-bond acceptors (Lipinski definition) is 1. The van der Waals surface area contributed by atoms with E-state index < -0.39 is 0 Å². The number of aromatic nitrogens is 2. The fraction of sp³-hybridized carbons (Fsp3) is 0.250. The van der Waals surface area contributed by atoms with E-state index in [9.17, 15) is 0 Å². The quantitative estimate of drug-likeness (QED) is 0.612. The summed E-state index contributed by atoms with van der Waals surface area (Å²) < 4.78 is 0. The lowest BCUT2D eigenvalue weighted by molar-refractivity contribution is 1.08. The van der Waals surface area contributed by atoms with E-state index in [0.717, 1.165) is 10.9 Å². The molecule has 1 N–H and O–H groups in total. The SMILES string of the molecule is BrCc1[c]n[nH]c1. The van der Waals surface area contributed by atoms with Gasteiger partial charge < -0.3 is 0 Å². The molecular weight excluding hydrogens is 156 g/mol. The number of aromatic amines is 1. The summed E-state index contributed by atoms with van der Waals surface area (Å²) in [5.74, 6) is 0. The van der Waals surface area contributed by atoms with Gasteiger partial charge in [-0.2, -0.15) is 5.10 Å². The highest BCUT2D eigenvalue weighted by Crippen LogP contribution is 1.97. The molecule has 0 saturated carbocycles. The van der Waals surface area contributed by atoms with Gasteiger partial charge in [-0.05, 0) is 0 Å². The van der Waals surface area contributed by atoms with Gasteiger partial charge in [0.05, 0.1) is 0 Å². The van der Waals surface area contributed by atoms with E-state index in [1.807, 2.05) is 0 Å². The predicted octanol–water partition coefficient (Wildman–Crippen LogP) is 1.10. The van der Waals surface area contributed by atoms with Gasteiger partial charge in [0.15, 0.2) is 0 Å². The molecule has 1 aromatic heterocycles. The van der Waals surface area contributed by atoms with E-state index in [1.165, 1.54) is 0 Å². The van der Waals surface area contributed by atoms with E-state index in [2.05, 4.69) is 32.3 Å². The minimum atomic E-state index is 0.823. The standard InChI is InChI=1S/C4H4BrN2/c5-1-4-2-6-7-3-4/h2H,1H2,(H,6,7). The first kappa shape index (κ1) is 4.84.